The molecule has 2 aromatic rings. The smallest absolute Gasteiger partial charge is 0.116 e. The number of hydrogen-bond acceptors (Lipinski definition) is 2. The predicted octanol–water partition coefficient (Wildman–Crippen LogP) is 1.85. The molecule has 1 aliphatic heterocycles. The van der Waals surface area contributed by atoms with Gasteiger partial charge in [0.05, 0.1) is 11.2 Å². The monoisotopic (exact) mass is 168 g/mol. The molecule has 2 heterocycles. The van der Waals surface area contributed by atoms with E-state index in [1.165, 1.54) is 0 Å². The summed E-state index contributed by atoms with van der Waals surface area (Å²) in [5, 5.41) is 5.29. The van der Waals surface area contributed by atoms with Crippen LogP contribution in [-0.4, -0.2) is 9.97 Å². The van der Waals surface area contributed by atoms with E-state index in [2.05, 4.69) is 15.3 Å². The van der Waals surface area contributed by atoms with Crippen LogP contribution in [0.3, 0.4) is 0 Å². The zero-order valence-electron chi connectivity index (χ0n) is 6.81. The van der Waals surface area contributed by atoms with Crippen LogP contribution in [0.15, 0.2) is 30.9 Å². The van der Waals surface area contributed by atoms with Gasteiger partial charge in [0.25, 0.3) is 0 Å². The second-order valence-electron chi connectivity index (χ2n) is 2.90. The van der Waals surface area contributed by atoms with Crippen LogP contribution in [0.1, 0.15) is 5.56 Å². The Hall–Kier alpha value is -1.90. The van der Waals surface area contributed by atoms with E-state index in [9.17, 15) is 0 Å². The summed E-state index contributed by atoms with van der Waals surface area (Å²) >= 11 is 0. The lowest BCUT2D eigenvalue weighted by atomic mass is 10.1. The third-order valence-corrected chi connectivity index (χ3v) is 2.15. The van der Waals surface area contributed by atoms with E-state index in [-0.39, 0.29) is 0 Å². The molecule has 0 spiro atoms. The summed E-state index contributed by atoms with van der Waals surface area (Å²) in [6.07, 6.45) is 7.15. The van der Waals surface area contributed by atoms with Gasteiger partial charge in [-0.2, -0.15) is 0 Å². The van der Waals surface area contributed by atoms with E-state index < -0.39 is 0 Å². The van der Waals surface area contributed by atoms with E-state index in [1.54, 1.807) is 18.7 Å². The molecule has 3 rings (SSSR count). The second kappa shape index (κ2) is 2.29. The van der Waals surface area contributed by atoms with Crippen LogP contribution in [-0.2, 0) is 0 Å². The highest BCUT2D eigenvalue weighted by atomic mass is 14.9. The molecule has 0 bridgehead atoms. The van der Waals surface area contributed by atoms with Crippen LogP contribution in [0.4, 0.5) is 5.69 Å². The van der Waals surface area contributed by atoms with Crippen molar-refractivity contribution in [2.24, 2.45) is 0 Å². The average Bonchev–Trinajstić information content (AvgIpc) is 2.65. The molecule has 0 amide bonds. The maximum atomic E-state index is 4.27. The van der Waals surface area contributed by atoms with Crippen molar-refractivity contribution in [2.45, 2.75) is 0 Å². The Balaban J connectivity index is 2.46. The molecule has 0 N–H and O–H groups in total. The molecule has 3 heteroatoms. The van der Waals surface area contributed by atoms with Gasteiger partial charge in [0.1, 0.15) is 6.33 Å². The number of aromatic nitrogens is 2. The Labute approximate surface area is 75.1 Å². The maximum Gasteiger partial charge on any atom is 0.116 e. The maximum absolute atomic E-state index is 4.27. The molecule has 1 radical (unpaired) electrons. The Kier molecular flexibility index (Phi) is 1.16. The molecule has 13 heavy (non-hydrogen) atoms. The van der Waals surface area contributed by atoms with Gasteiger partial charge in [0.2, 0.25) is 0 Å². The Morgan fingerprint density at radius 3 is 3.15 bits per heavy atom. The highest BCUT2D eigenvalue weighted by Gasteiger charge is 2.10. The van der Waals surface area contributed by atoms with E-state index >= 15 is 0 Å². The summed E-state index contributed by atoms with van der Waals surface area (Å²) in [5.41, 5.74) is 3.07. The first kappa shape index (κ1) is 6.60. The molecule has 0 aliphatic carbocycles. The van der Waals surface area contributed by atoms with Gasteiger partial charge in [-0.05, 0) is 12.1 Å². The van der Waals surface area contributed by atoms with Gasteiger partial charge < -0.3 is 0 Å². The first-order valence-corrected chi connectivity index (χ1v) is 4.05. The Morgan fingerprint density at radius 2 is 2.15 bits per heavy atom. The van der Waals surface area contributed by atoms with E-state index in [1.807, 2.05) is 18.2 Å². The van der Waals surface area contributed by atoms with Crippen LogP contribution in [0.25, 0.3) is 17.0 Å². The molecule has 0 saturated carbocycles. The zero-order chi connectivity index (χ0) is 8.67. The van der Waals surface area contributed by atoms with Crippen molar-refractivity contribution in [1.29, 1.82) is 0 Å². The van der Waals surface area contributed by atoms with Gasteiger partial charge in [0.15, 0.2) is 0 Å². The number of hydrogen-bond donors (Lipinski definition) is 0. The van der Waals surface area contributed by atoms with Gasteiger partial charge in [-0.1, -0.05) is 6.07 Å². The molecule has 3 nitrogen and oxygen atoms in total. The summed E-state index contributed by atoms with van der Waals surface area (Å²) < 4.78 is 0. The molecular weight excluding hydrogens is 162 g/mol. The first-order valence-electron chi connectivity index (χ1n) is 4.05. The predicted molar refractivity (Wildman–Crippen MR) is 50.4 cm³/mol. The number of rotatable bonds is 0. The molecule has 0 unspecified atom stereocenters. The van der Waals surface area contributed by atoms with Crippen molar-refractivity contribution >= 4 is 22.7 Å². The van der Waals surface area contributed by atoms with Crippen molar-refractivity contribution in [3.63, 3.8) is 0 Å². The lowest BCUT2D eigenvalue weighted by Crippen LogP contribution is -1.87. The van der Waals surface area contributed by atoms with Crippen molar-refractivity contribution in [2.75, 3.05) is 0 Å². The second-order valence-corrected chi connectivity index (χ2v) is 2.90. The molecule has 61 valence electrons. The molecular formula is C10H6N3. The molecule has 0 fully saturated rings. The largest absolute Gasteiger partial charge is 0.255 e. The minimum atomic E-state index is 0.946. The summed E-state index contributed by atoms with van der Waals surface area (Å²) in [5.74, 6) is 0. The topological polar surface area (TPSA) is 39.9 Å². The fourth-order valence-electron chi connectivity index (χ4n) is 1.53. The van der Waals surface area contributed by atoms with Crippen molar-refractivity contribution in [3.05, 3.63) is 36.4 Å². The van der Waals surface area contributed by atoms with E-state index in [0.717, 1.165) is 22.2 Å². The molecule has 1 aliphatic rings. The summed E-state index contributed by atoms with van der Waals surface area (Å²) in [4.78, 5) is 8.15. The summed E-state index contributed by atoms with van der Waals surface area (Å²) in [6.45, 7) is 0. The minimum absolute atomic E-state index is 0.946. The highest BCUT2D eigenvalue weighted by molar-refractivity contribution is 5.95. The number of fused-ring (bicyclic) bond motifs is 3. The van der Waals surface area contributed by atoms with Crippen LogP contribution >= 0.6 is 0 Å². The third kappa shape index (κ3) is 0.839. The van der Waals surface area contributed by atoms with Crippen LogP contribution in [0, 0.1) is 0 Å². The average molecular weight is 168 g/mol. The number of benzene rings is 1. The van der Waals surface area contributed by atoms with Crippen LogP contribution in [0.5, 0.6) is 0 Å². The molecule has 0 saturated heterocycles. The molecule has 1 aromatic carbocycles. The van der Waals surface area contributed by atoms with Gasteiger partial charge in [0, 0.05) is 23.3 Å². The fourth-order valence-corrected chi connectivity index (χ4v) is 1.53. The normalized spacial score (nSPS) is 12.9. The van der Waals surface area contributed by atoms with Gasteiger partial charge >= 0.3 is 0 Å². The van der Waals surface area contributed by atoms with Crippen LogP contribution in [0.2, 0.25) is 0 Å². The summed E-state index contributed by atoms with van der Waals surface area (Å²) in [7, 11) is 0. The van der Waals surface area contributed by atoms with Crippen LogP contribution < -0.4 is 5.32 Å². The SMILES string of the molecule is C1=Cc2ccc3ncncc3c2[N]1. The van der Waals surface area contributed by atoms with Crippen molar-refractivity contribution in [1.82, 2.24) is 15.3 Å². The lowest BCUT2D eigenvalue weighted by Gasteiger charge is -2.01. The fraction of sp³-hybridized carbons (Fsp3) is 0. The Morgan fingerprint density at radius 1 is 1.15 bits per heavy atom. The first-order chi connectivity index (χ1) is 6.45. The zero-order valence-corrected chi connectivity index (χ0v) is 6.81. The third-order valence-electron chi connectivity index (χ3n) is 2.15. The highest BCUT2D eigenvalue weighted by Crippen LogP contribution is 2.30. The summed E-state index contributed by atoms with van der Waals surface area (Å²) in [6, 6.07) is 4.01. The van der Waals surface area contributed by atoms with Crippen molar-refractivity contribution < 1.29 is 0 Å². The van der Waals surface area contributed by atoms with E-state index in [4.69, 9.17) is 0 Å². The van der Waals surface area contributed by atoms with Gasteiger partial charge in [-0.25, -0.2) is 9.97 Å². The van der Waals surface area contributed by atoms with Crippen molar-refractivity contribution in [3.8, 4) is 0 Å². The lowest BCUT2D eigenvalue weighted by molar-refractivity contribution is 1.19. The minimum Gasteiger partial charge on any atom is -0.255 e. The molecule has 1 aromatic heterocycles. The standard InChI is InChI=1S/C10H6N3/c1-2-9-8(5-11-6-13-9)10-7(1)3-4-12-10/h1-6H. The van der Waals surface area contributed by atoms with E-state index in [0.29, 0.717) is 0 Å². The quantitative estimate of drug-likeness (QED) is 0.602. The molecule has 0 atom stereocenters. The van der Waals surface area contributed by atoms with Gasteiger partial charge in [-0.3, -0.25) is 5.32 Å². The van der Waals surface area contributed by atoms with Gasteiger partial charge in [-0.15, -0.1) is 0 Å². The Bertz CT molecular complexity index is 502. The number of nitrogens with zero attached hydrogens (tertiary/aromatic N) is 3.